The topological polar surface area (TPSA) is 12.0 Å². The van der Waals surface area contributed by atoms with Crippen molar-refractivity contribution in [3.8, 4) is 12.3 Å². The molecule has 2 heteroatoms. The van der Waals surface area contributed by atoms with Crippen LogP contribution in [0.2, 0.25) is 0 Å². The fourth-order valence-corrected chi connectivity index (χ4v) is 2.87. The number of terminal acetylenes is 1. The molecule has 0 amide bonds. The van der Waals surface area contributed by atoms with Crippen LogP contribution >= 0.6 is 11.8 Å². The summed E-state index contributed by atoms with van der Waals surface area (Å²) in [5.41, 5.74) is 0. The Bertz CT molecular complexity index is 167. The molecule has 0 aromatic carbocycles. The van der Waals surface area contributed by atoms with E-state index in [2.05, 4.69) is 29.9 Å². The van der Waals surface area contributed by atoms with Gasteiger partial charge in [0.1, 0.15) is 0 Å². The summed E-state index contributed by atoms with van der Waals surface area (Å²) in [5.74, 6) is 6.29. The van der Waals surface area contributed by atoms with Crippen LogP contribution in [0.3, 0.4) is 0 Å². The zero-order chi connectivity index (χ0) is 9.52. The molecule has 13 heavy (non-hydrogen) atoms. The van der Waals surface area contributed by atoms with Crippen molar-refractivity contribution in [2.24, 2.45) is 5.92 Å². The van der Waals surface area contributed by atoms with Gasteiger partial charge in [-0.1, -0.05) is 6.92 Å². The van der Waals surface area contributed by atoms with E-state index >= 15 is 0 Å². The van der Waals surface area contributed by atoms with Gasteiger partial charge < -0.3 is 5.32 Å². The SMILES string of the molecule is C#CCC(CC)NCC1CCSC1. The summed E-state index contributed by atoms with van der Waals surface area (Å²) in [5, 5.41) is 3.56. The molecule has 1 saturated heterocycles. The summed E-state index contributed by atoms with van der Waals surface area (Å²) in [6, 6.07) is 0.538. The molecule has 0 radical (unpaired) electrons. The molecule has 0 bridgehead atoms. The van der Waals surface area contributed by atoms with E-state index in [-0.39, 0.29) is 0 Å². The predicted molar refractivity (Wildman–Crippen MR) is 61.0 cm³/mol. The van der Waals surface area contributed by atoms with Crippen molar-refractivity contribution in [1.82, 2.24) is 5.32 Å². The first kappa shape index (κ1) is 10.9. The highest BCUT2D eigenvalue weighted by atomic mass is 32.2. The first-order valence-corrected chi connectivity index (χ1v) is 6.26. The van der Waals surface area contributed by atoms with Crippen LogP contribution < -0.4 is 5.32 Å². The van der Waals surface area contributed by atoms with Gasteiger partial charge in [-0.05, 0) is 36.8 Å². The molecule has 1 nitrogen and oxygen atoms in total. The van der Waals surface area contributed by atoms with Gasteiger partial charge in [-0.3, -0.25) is 0 Å². The third kappa shape index (κ3) is 4.06. The van der Waals surface area contributed by atoms with Crippen LogP contribution in [0.4, 0.5) is 0 Å². The molecule has 1 aliphatic heterocycles. The lowest BCUT2D eigenvalue weighted by Gasteiger charge is -2.16. The summed E-state index contributed by atoms with van der Waals surface area (Å²) in [4.78, 5) is 0. The van der Waals surface area contributed by atoms with E-state index in [4.69, 9.17) is 6.42 Å². The van der Waals surface area contributed by atoms with Crippen molar-refractivity contribution in [2.45, 2.75) is 32.2 Å². The van der Waals surface area contributed by atoms with Crippen LogP contribution in [0.5, 0.6) is 0 Å². The van der Waals surface area contributed by atoms with Crippen LogP contribution in [-0.4, -0.2) is 24.1 Å². The van der Waals surface area contributed by atoms with Crippen molar-refractivity contribution < 1.29 is 0 Å². The molecule has 2 unspecified atom stereocenters. The highest BCUT2D eigenvalue weighted by Crippen LogP contribution is 2.22. The number of thioether (sulfide) groups is 1. The van der Waals surface area contributed by atoms with Gasteiger partial charge >= 0.3 is 0 Å². The van der Waals surface area contributed by atoms with E-state index in [1.807, 2.05) is 0 Å². The van der Waals surface area contributed by atoms with Gasteiger partial charge in [0.25, 0.3) is 0 Å². The normalized spacial score (nSPS) is 24.2. The maximum absolute atomic E-state index is 5.29. The zero-order valence-corrected chi connectivity index (χ0v) is 9.20. The lowest BCUT2D eigenvalue weighted by atomic mass is 10.1. The molecule has 74 valence electrons. The van der Waals surface area contributed by atoms with Gasteiger partial charge in [0.2, 0.25) is 0 Å². The first-order valence-electron chi connectivity index (χ1n) is 5.11. The third-order valence-electron chi connectivity index (χ3n) is 2.58. The summed E-state index contributed by atoms with van der Waals surface area (Å²) >= 11 is 2.07. The minimum atomic E-state index is 0.538. The van der Waals surface area contributed by atoms with Crippen LogP contribution in [0.1, 0.15) is 26.2 Å². The van der Waals surface area contributed by atoms with Crippen molar-refractivity contribution in [1.29, 1.82) is 0 Å². The van der Waals surface area contributed by atoms with Crippen LogP contribution in [0.25, 0.3) is 0 Å². The van der Waals surface area contributed by atoms with E-state index in [1.165, 1.54) is 17.9 Å². The maximum atomic E-state index is 5.29. The largest absolute Gasteiger partial charge is 0.313 e. The second kappa shape index (κ2) is 6.34. The smallest absolute Gasteiger partial charge is 0.0240 e. The Labute approximate surface area is 86.1 Å². The monoisotopic (exact) mass is 197 g/mol. The second-order valence-electron chi connectivity index (χ2n) is 3.65. The average molecular weight is 197 g/mol. The highest BCUT2D eigenvalue weighted by Gasteiger charge is 2.16. The van der Waals surface area contributed by atoms with Gasteiger partial charge in [0.15, 0.2) is 0 Å². The number of nitrogens with one attached hydrogen (secondary N) is 1. The summed E-state index contributed by atoms with van der Waals surface area (Å²) in [6.07, 6.45) is 8.69. The minimum absolute atomic E-state index is 0.538. The van der Waals surface area contributed by atoms with Crippen molar-refractivity contribution in [2.75, 3.05) is 18.1 Å². The third-order valence-corrected chi connectivity index (χ3v) is 3.81. The Morgan fingerprint density at radius 2 is 2.54 bits per heavy atom. The zero-order valence-electron chi connectivity index (χ0n) is 8.38. The molecule has 0 saturated carbocycles. The fourth-order valence-electron chi connectivity index (χ4n) is 1.58. The Morgan fingerprint density at radius 1 is 1.69 bits per heavy atom. The molecule has 2 atom stereocenters. The molecule has 0 spiro atoms. The Hall–Kier alpha value is -0.130. The molecule has 1 N–H and O–H groups in total. The Kier molecular flexibility index (Phi) is 5.34. The van der Waals surface area contributed by atoms with E-state index in [9.17, 15) is 0 Å². The van der Waals surface area contributed by atoms with Crippen LogP contribution in [0.15, 0.2) is 0 Å². The second-order valence-corrected chi connectivity index (χ2v) is 4.80. The van der Waals surface area contributed by atoms with Gasteiger partial charge in [-0.2, -0.15) is 11.8 Å². The number of hydrogen-bond acceptors (Lipinski definition) is 2. The van der Waals surface area contributed by atoms with E-state index < -0.39 is 0 Å². The summed E-state index contributed by atoms with van der Waals surface area (Å²) in [6.45, 7) is 3.35. The summed E-state index contributed by atoms with van der Waals surface area (Å²) in [7, 11) is 0. The number of hydrogen-bond donors (Lipinski definition) is 1. The quantitative estimate of drug-likeness (QED) is 0.678. The average Bonchev–Trinajstić information content (AvgIpc) is 2.64. The fraction of sp³-hybridized carbons (Fsp3) is 0.818. The predicted octanol–water partition coefficient (Wildman–Crippen LogP) is 2.13. The molecule has 1 rings (SSSR count). The molecule has 0 aromatic rings. The molecule has 1 aliphatic rings. The van der Waals surface area contributed by atoms with Crippen molar-refractivity contribution >= 4 is 11.8 Å². The molecule has 0 aromatic heterocycles. The Morgan fingerprint density at radius 3 is 3.08 bits per heavy atom. The lowest BCUT2D eigenvalue weighted by molar-refractivity contribution is 0.445. The van der Waals surface area contributed by atoms with E-state index in [0.717, 1.165) is 25.3 Å². The van der Waals surface area contributed by atoms with Crippen LogP contribution in [-0.2, 0) is 0 Å². The van der Waals surface area contributed by atoms with Gasteiger partial charge in [-0.15, -0.1) is 12.3 Å². The summed E-state index contributed by atoms with van der Waals surface area (Å²) < 4.78 is 0. The van der Waals surface area contributed by atoms with Crippen molar-refractivity contribution in [3.63, 3.8) is 0 Å². The molecule has 1 fully saturated rings. The van der Waals surface area contributed by atoms with E-state index in [0.29, 0.717) is 6.04 Å². The molecule has 1 heterocycles. The van der Waals surface area contributed by atoms with E-state index in [1.54, 1.807) is 0 Å². The molecular weight excluding hydrogens is 178 g/mol. The molecule has 0 aliphatic carbocycles. The molecular formula is C11H19NS. The Balaban J connectivity index is 2.11. The van der Waals surface area contributed by atoms with Gasteiger partial charge in [0, 0.05) is 12.5 Å². The van der Waals surface area contributed by atoms with Gasteiger partial charge in [0.05, 0.1) is 0 Å². The minimum Gasteiger partial charge on any atom is -0.313 e. The van der Waals surface area contributed by atoms with Gasteiger partial charge in [-0.25, -0.2) is 0 Å². The maximum Gasteiger partial charge on any atom is 0.0240 e. The lowest BCUT2D eigenvalue weighted by Crippen LogP contribution is -2.32. The highest BCUT2D eigenvalue weighted by molar-refractivity contribution is 7.99. The standard InChI is InChI=1S/C11H19NS/c1-3-5-11(4-2)12-8-10-6-7-13-9-10/h1,10-12H,4-9H2,2H3. The first-order chi connectivity index (χ1) is 6.36. The van der Waals surface area contributed by atoms with Crippen molar-refractivity contribution in [3.05, 3.63) is 0 Å². The van der Waals surface area contributed by atoms with Crippen LogP contribution in [0, 0.1) is 18.3 Å². The number of rotatable bonds is 5.